The van der Waals surface area contributed by atoms with Gasteiger partial charge in [0.05, 0.1) is 0 Å². The van der Waals surface area contributed by atoms with Gasteiger partial charge in [0.2, 0.25) is 0 Å². The van der Waals surface area contributed by atoms with Crippen molar-refractivity contribution < 1.29 is 0 Å². The molecule has 0 aliphatic heterocycles. The minimum atomic E-state index is 1.04. The van der Waals surface area contributed by atoms with Crippen molar-refractivity contribution in [3.8, 4) is 0 Å². The minimum absolute atomic E-state index is 1.04. The van der Waals surface area contributed by atoms with E-state index in [1.165, 1.54) is 109 Å². The van der Waals surface area contributed by atoms with Crippen molar-refractivity contribution in [3.05, 3.63) is 0 Å². The summed E-state index contributed by atoms with van der Waals surface area (Å²) < 4.78 is 0. The molecule has 23 heavy (non-hydrogen) atoms. The van der Waals surface area contributed by atoms with Crippen molar-refractivity contribution in [2.75, 3.05) is 0 Å². The van der Waals surface area contributed by atoms with E-state index < -0.39 is 0 Å². The molecule has 3 aliphatic carbocycles. The van der Waals surface area contributed by atoms with Crippen LogP contribution < -0.4 is 0 Å². The van der Waals surface area contributed by atoms with Crippen molar-refractivity contribution in [1.82, 2.24) is 0 Å². The summed E-state index contributed by atoms with van der Waals surface area (Å²) in [5.41, 5.74) is 0. The summed E-state index contributed by atoms with van der Waals surface area (Å²) in [6, 6.07) is 0. The van der Waals surface area contributed by atoms with Crippen molar-refractivity contribution in [3.63, 3.8) is 0 Å². The van der Waals surface area contributed by atoms with Gasteiger partial charge in [0.25, 0.3) is 0 Å². The van der Waals surface area contributed by atoms with E-state index in [2.05, 4.69) is 20.8 Å². The molecule has 0 N–H and O–H groups in total. The van der Waals surface area contributed by atoms with Crippen LogP contribution in [0.25, 0.3) is 0 Å². The van der Waals surface area contributed by atoms with E-state index in [9.17, 15) is 0 Å². The lowest BCUT2D eigenvalue weighted by Crippen LogP contribution is -2.03. The van der Waals surface area contributed by atoms with Gasteiger partial charge in [-0.05, 0) is 17.8 Å². The van der Waals surface area contributed by atoms with Crippen LogP contribution in [0.1, 0.15) is 130 Å². The second-order valence-corrected chi connectivity index (χ2v) is 8.57. The Labute approximate surface area is 148 Å². The van der Waals surface area contributed by atoms with Crippen molar-refractivity contribution in [2.45, 2.75) is 130 Å². The van der Waals surface area contributed by atoms with Crippen LogP contribution in [0.4, 0.5) is 0 Å². The van der Waals surface area contributed by atoms with Crippen LogP contribution in [0, 0.1) is 17.8 Å². The molecule has 0 aromatic carbocycles. The lowest BCUT2D eigenvalue weighted by atomic mass is 9.88. The fourth-order valence-corrected chi connectivity index (χ4v) is 4.50. The van der Waals surface area contributed by atoms with Crippen LogP contribution in [-0.4, -0.2) is 0 Å². The maximum atomic E-state index is 2.36. The second kappa shape index (κ2) is 14.4. The monoisotopic (exact) mass is 322 g/mol. The fraction of sp³-hybridized carbons (Fsp3) is 1.00. The van der Waals surface area contributed by atoms with Gasteiger partial charge in [0.1, 0.15) is 0 Å². The summed E-state index contributed by atoms with van der Waals surface area (Å²) in [6.45, 7) is 6.99. The van der Waals surface area contributed by atoms with Gasteiger partial charge in [0.15, 0.2) is 0 Å². The molecular formula is C23H46. The Kier molecular flexibility index (Phi) is 13.1. The Hall–Kier alpha value is 0. The Morgan fingerprint density at radius 3 is 0.957 bits per heavy atom. The van der Waals surface area contributed by atoms with Gasteiger partial charge in [-0.15, -0.1) is 0 Å². The van der Waals surface area contributed by atoms with E-state index in [1.54, 1.807) is 0 Å². The first-order valence-corrected chi connectivity index (χ1v) is 11.3. The zero-order chi connectivity index (χ0) is 16.8. The first-order chi connectivity index (χ1) is 11.3. The molecule has 0 unspecified atom stereocenters. The summed E-state index contributed by atoms with van der Waals surface area (Å²) in [6.07, 6.45) is 25.3. The maximum Gasteiger partial charge on any atom is -0.0417 e. The first kappa shape index (κ1) is 21.0. The molecule has 0 spiro atoms. The van der Waals surface area contributed by atoms with Crippen molar-refractivity contribution in [2.24, 2.45) is 17.8 Å². The topological polar surface area (TPSA) is 0 Å². The summed E-state index contributed by atoms with van der Waals surface area (Å²) in [7, 11) is 0. The Morgan fingerprint density at radius 2 is 0.783 bits per heavy atom. The molecule has 0 bridgehead atoms. The van der Waals surface area contributed by atoms with Gasteiger partial charge in [-0.3, -0.25) is 0 Å². The largest absolute Gasteiger partial charge is 0.0651 e. The highest BCUT2D eigenvalue weighted by Gasteiger charge is 2.10. The third-order valence-electron chi connectivity index (χ3n) is 6.50. The third kappa shape index (κ3) is 11.2. The van der Waals surface area contributed by atoms with E-state index in [0.717, 1.165) is 17.8 Å². The van der Waals surface area contributed by atoms with E-state index in [1.807, 2.05) is 0 Å². The van der Waals surface area contributed by atoms with Crippen molar-refractivity contribution >= 4 is 0 Å². The number of hydrogen-bond acceptors (Lipinski definition) is 0. The molecule has 0 saturated heterocycles. The van der Waals surface area contributed by atoms with E-state index in [0.29, 0.717) is 0 Å². The molecule has 3 rings (SSSR count). The first-order valence-electron chi connectivity index (χ1n) is 11.3. The normalized spacial score (nSPS) is 24.1. The van der Waals surface area contributed by atoms with E-state index in [4.69, 9.17) is 0 Å². The zero-order valence-corrected chi connectivity index (χ0v) is 16.8. The standard InChI is InChI=1S/2C8H16.C7H14/c2*1-2-8-6-4-3-5-7-8;1-7-5-3-2-4-6-7/h2*8H,2-7H2,1H3;7H,2-6H2,1H3. The molecule has 3 aliphatic rings. The highest BCUT2D eigenvalue weighted by molar-refractivity contribution is 4.63. The van der Waals surface area contributed by atoms with Crippen LogP contribution in [0.15, 0.2) is 0 Å². The molecule has 138 valence electrons. The highest BCUT2D eigenvalue weighted by Crippen LogP contribution is 2.26. The van der Waals surface area contributed by atoms with Crippen LogP contribution in [0.2, 0.25) is 0 Å². The predicted octanol–water partition coefficient (Wildman–Crippen LogP) is 8.54. The van der Waals surface area contributed by atoms with Crippen LogP contribution in [-0.2, 0) is 0 Å². The molecule has 3 fully saturated rings. The van der Waals surface area contributed by atoms with Crippen LogP contribution in [0.3, 0.4) is 0 Å². The van der Waals surface area contributed by atoms with Gasteiger partial charge in [0, 0.05) is 0 Å². The predicted molar refractivity (Wildman–Crippen MR) is 106 cm³/mol. The second-order valence-electron chi connectivity index (χ2n) is 8.57. The smallest absolute Gasteiger partial charge is 0.0417 e. The molecule has 0 amide bonds. The minimum Gasteiger partial charge on any atom is -0.0651 e. The van der Waals surface area contributed by atoms with Gasteiger partial charge in [-0.25, -0.2) is 0 Å². The summed E-state index contributed by atoms with van der Waals surface area (Å²) in [5.74, 6) is 3.21. The molecular weight excluding hydrogens is 276 g/mol. The summed E-state index contributed by atoms with van der Waals surface area (Å²) in [5, 5.41) is 0. The molecule has 0 radical (unpaired) electrons. The summed E-state index contributed by atoms with van der Waals surface area (Å²) in [4.78, 5) is 0. The van der Waals surface area contributed by atoms with Gasteiger partial charge in [-0.2, -0.15) is 0 Å². The third-order valence-corrected chi connectivity index (χ3v) is 6.50. The van der Waals surface area contributed by atoms with E-state index in [-0.39, 0.29) is 0 Å². The van der Waals surface area contributed by atoms with Gasteiger partial charge >= 0.3 is 0 Å². The van der Waals surface area contributed by atoms with Crippen molar-refractivity contribution in [1.29, 1.82) is 0 Å². The Bertz CT molecular complexity index is 208. The maximum absolute atomic E-state index is 2.36. The van der Waals surface area contributed by atoms with E-state index >= 15 is 0 Å². The van der Waals surface area contributed by atoms with Crippen LogP contribution in [0.5, 0.6) is 0 Å². The molecule has 0 atom stereocenters. The Morgan fingerprint density at radius 1 is 0.478 bits per heavy atom. The molecule has 0 aromatic heterocycles. The quantitative estimate of drug-likeness (QED) is 0.477. The number of hydrogen-bond donors (Lipinski definition) is 0. The van der Waals surface area contributed by atoms with Crippen LogP contribution >= 0.6 is 0 Å². The SMILES string of the molecule is CC1CCCCC1.CCC1CCCCC1.CCC1CCCCC1. The van der Waals surface area contributed by atoms with Gasteiger partial charge < -0.3 is 0 Å². The Balaban J connectivity index is 0.000000173. The summed E-state index contributed by atoms with van der Waals surface area (Å²) >= 11 is 0. The average molecular weight is 323 g/mol. The zero-order valence-electron chi connectivity index (χ0n) is 16.8. The average Bonchev–Trinajstić information content (AvgIpc) is 2.65. The molecule has 0 heteroatoms. The molecule has 0 aromatic rings. The number of rotatable bonds is 2. The molecule has 0 heterocycles. The lowest BCUT2D eigenvalue weighted by molar-refractivity contribution is 0.349. The fourth-order valence-electron chi connectivity index (χ4n) is 4.50. The highest BCUT2D eigenvalue weighted by atomic mass is 14.2. The van der Waals surface area contributed by atoms with Gasteiger partial charge in [-0.1, -0.05) is 130 Å². The lowest BCUT2D eigenvalue weighted by Gasteiger charge is -2.18. The molecule has 0 nitrogen and oxygen atoms in total. The molecule has 3 saturated carbocycles.